The number of pyridine rings is 2. The molecule has 4 heterocycles. The van der Waals surface area contributed by atoms with Crippen LogP contribution in [0.5, 0.6) is 11.5 Å². The lowest BCUT2D eigenvalue weighted by Gasteiger charge is -2.15. The van der Waals surface area contributed by atoms with E-state index in [1.165, 1.54) is 10.5 Å². The van der Waals surface area contributed by atoms with Crippen molar-refractivity contribution in [3.8, 4) is 17.6 Å². The fourth-order valence-electron chi connectivity index (χ4n) is 4.23. The molecule has 0 saturated carbocycles. The fraction of sp³-hybridized carbons (Fsp3) is 0.296. The van der Waals surface area contributed by atoms with Crippen LogP contribution in [0.15, 0.2) is 52.4 Å². The average molecular weight is 500 g/mol. The van der Waals surface area contributed by atoms with Crippen molar-refractivity contribution >= 4 is 22.6 Å². The van der Waals surface area contributed by atoms with Gasteiger partial charge in [-0.2, -0.15) is 10.3 Å². The molecule has 0 bridgehead atoms. The predicted octanol–water partition coefficient (Wildman–Crippen LogP) is 3.11. The van der Waals surface area contributed by atoms with Gasteiger partial charge in [0.2, 0.25) is 6.79 Å². The van der Waals surface area contributed by atoms with E-state index < -0.39 is 5.91 Å². The van der Waals surface area contributed by atoms with Gasteiger partial charge in [0.05, 0.1) is 17.1 Å². The number of carbonyl (C=O) groups is 1. The summed E-state index contributed by atoms with van der Waals surface area (Å²) in [7, 11) is 0. The summed E-state index contributed by atoms with van der Waals surface area (Å²) in [5.41, 5.74) is 1.86. The van der Waals surface area contributed by atoms with Gasteiger partial charge in [-0.3, -0.25) is 14.0 Å². The smallest absolute Gasteiger partial charge is 0.279 e. The highest BCUT2D eigenvalue weighted by molar-refractivity contribution is 5.95. The SMILES string of the molecule is Cc1cccn2c(=O)c3cc(C#N)c(=NC(=O)c4ccc5c(c4)OCO5)n(CCCOC(C)C)c3nc12. The van der Waals surface area contributed by atoms with E-state index in [4.69, 9.17) is 19.2 Å². The van der Waals surface area contributed by atoms with Crippen molar-refractivity contribution in [2.75, 3.05) is 13.4 Å². The zero-order valence-corrected chi connectivity index (χ0v) is 20.7. The lowest BCUT2D eigenvalue weighted by Crippen LogP contribution is -2.30. The summed E-state index contributed by atoms with van der Waals surface area (Å²) in [6, 6.07) is 12.0. The van der Waals surface area contributed by atoms with Gasteiger partial charge in [-0.15, -0.1) is 0 Å². The molecular formula is C27H25N5O5. The van der Waals surface area contributed by atoms with Crippen molar-refractivity contribution in [3.63, 3.8) is 0 Å². The maximum absolute atomic E-state index is 13.4. The van der Waals surface area contributed by atoms with Crippen molar-refractivity contribution in [1.29, 1.82) is 5.26 Å². The molecule has 1 aliphatic rings. The molecule has 0 atom stereocenters. The maximum Gasteiger partial charge on any atom is 0.279 e. The Morgan fingerprint density at radius 3 is 2.81 bits per heavy atom. The molecule has 1 aliphatic heterocycles. The van der Waals surface area contributed by atoms with E-state index in [9.17, 15) is 14.9 Å². The first kappa shape index (κ1) is 24.2. The van der Waals surface area contributed by atoms with E-state index in [1.807, 2.05) is 26.8 Å². The molecule has 4 aromatic rings. The van der Waals surface area contributed by atoms with Crippen molar-refractivity contribution in [3.05, 3.63) is 75.1 Å². The number of aromatic nitrogens is 3. The minimum absolute atomic E-state index is 0.0540. The fourth-order valence-corrected chi connectivity index (χ4v) is 4.23. The second-order valence-corrected chi connectivity index (χ2v) is 8.94. The summed E-state index contributed by atoms with van der Waals surface area (Å²) < 4.78 is 19.5. The predicted molar refractivity (Wildman–Crippen MR) is 135 cm³/mol. The van der Waals surface area contributed by atoms with E-state index in [0.29, 0.717) is 42.4 Å². The van der Waals surface area contributed by atoms with Gasteiger partial charge in [0.25, 0.3) is 11.5 Å². The van der Waals surface area contributed by atoms with Crippen LogP contribution in [0.2, 0.25) is 0 Å². The van der Waals surface area contributed by atoms with Gasteiger partial charge in [0, 0.05) is 24.9 Å². The van der Waals surface area contributed by atoms with E-state index in [1.54, 1.807) is 35.0 Å². The summed E-state index contributed by atoms with van der Waals surface area (Å²) in [4.78, 5) is 35.7. The molecule has 10 heteroatoms. The number of hydrogen-bond acceptors (Lipinski definition) is 7. The largest absolute Gasteiger partial charge is 0.454 e. The van der Waals surface area contributed by atoms with Gasteiger partial charge in [-0.1, -0.05) is 6.07 Å². The second-order valence-electron chi connectivity index (χ2n) is 8.94. The standard InChI is InChI=1S/C27H25N5O5/c1-16(2)35-11-5-10-31-24(30-26(33)18-7-8-21-22(13-18)37-15-36-21)19(14-28)12-20-25(31)29-23-17(3)6-4-9-32(23)27(20)34/h4,6-9,12-13,16H,5,10-11,15H2,1-3H3. The zero-order chi connectivity index (χ0) is 26.1. The summed E-state index contributed by atoms with van der Waals surface area (Å²) in [5, 5.41) is 10.2. The molecule has 0 unspecified atom stereocenters. The molecule has 0 N–H and O–H groups in total. The highest BCUT2D eigenvalue weighted by Gasteiger charge is 2.18. The topological polar surface area (TPSA) is 120 Å². The van der Waals surface area contributed by atoms with Crippen LogP contribution in [0.4, 0.5) is 0 Å². The number of nitrogens with zero attached hydrogens (tertiary/aromatic N) is 5. The summed E-state index contributed by atoms with van der Waals surface area (Å²) in [5.74, 6) is 0.442. The molecule has 0 radical (unpaired) electrons. The Morgan fingerprint density at radius 1 is 1.22 bits per heavy atom. The van der Waals surface area contributed by atoms with Crippen molar-refractivity contribution in [1.82, 2.24) is 14.0 Å². The minimum Gasteiger partial charge on any atom is -0.454 e. The number of fused-ring (bicyclic) bond motifs is 3. The number of benzene rings is 1. The molecule has 10 nitrogen and oxygen atoms in total. The number of hydrogen-bond donors (Lipinski definition) is 0. The first-order valence-corrected chi connectivity index (χ1v) is 11.9. The Balaban J connectivity index is 1.73. The lowest BCUT2D eigenvalue weighted by atomic mass is 10.2. The van der Waals surface area contributed by atoms with Gasteiger partial charge in [-0.05, 0) is 63.1 Å². The van der Waals surface area contributed by atoms with Crippen LogP contribution in [-0.4, -0.2) is 39.4 Å². The van der Waals surface area contributed by atoms with E-state index in [-0.39, 0.29) is 40.5 Å². The quantitative estimate of drug-likeness (QED) is 0.295. The van der Waals surface area contributed by atoms with Crippen LogP contribution >= 0.6 is 0 Å². The number of nitriles is 1. The number of aryl methyl sites for hydroxylation is 2. The van der Waals surface area contributed by atoms with Crippen LogP contribution < -0.4 is 20.5 Å². The Labute approximate surface area is 212 Å². The normalized spacial score (nSPS) is 13.0. The van der Waals surface area contributed by atoms with Gasteiger partial charge in [-0.25, -0.2) is 4.98 Å². The van der Waals surface area contributed by atoms with Crippen molar-refractivity contribution in [2.45, 2.75) is 39.8 Å². The van der Waals surface area contributed by atoms with Crippen LogP contribution in [0.3, 0.4) is 0 Å². The van der Waals surface area contributed by atoms with E-state index in [0.717, 1.165) is 5.56 Å². The van der Waals surface area contributed by atoms with E-state index >= 15 is 0 Å². The van der Waals surface area contributed by atoms with Gasteiger partial charge in [0.1, 0.15) is 17.4 Å². The van der Waals surface area contributed by atoms with Crippen molar-refractivity contribution < 1.29 is 19.0 Å². The van der Waals surface area contributed by atoms with Crippen LogP contribution in [0.1, 0.15) is 41.8 Å². The molecule has 188 valence electrons. The Hall–Kier alpha value is -4.49. The number of amides is 1. The van der Waals surface area contributed by atoms with Crippen LogP contribution in [0, 0.1) is 18.3 Å². The Morgan fingerprint density at radius 2 is 2.03 bits per heavy atom. The lowest BCUT2D eigenvalue weighted by molar-refractivity contribution is 0.0748. The molecule has 1 aromatic carbocycles. The molecule has 0 spiro atoms. The highest BCUT2D eigenvalue weighted by Crippen LogP contribution is 2.32. The molecule has 3 aromatic heterocycles. The Kier molecular flexibility index (Phi) is 6.46. The first-order chi connectivity index (χ1) is 17.9. The second kappa shape index (κ2) is 9.87. The average Bonchev–Trinajstić information content (AvgIpc) is 3.36. The van der Waals surface area contributed by atoms with Gasteiger partial charge in [0.15, 0.2) is 17.0 Å². The third-order valence-electron chi connectivity index (χ3n) is 6.03. The third-order valence-corrected chi connectivity index (χ3v) is 6.03. The molecule has 37 heavy (non-hydrogen) atoms. The van der Waals surface area contributed by atoms with Gasteiger partial charge < -0.3 is 18.8 Å². The molecule has 0 saturated heterocycles. The molecular weight excluding hydrogens is 474 g/mol. The van der Waals surface area contributed by atoms with E-state index in [2.05, 4.69) is 11.1 Å². The molecule has 0 fully saturated rings. The summed E-state index contributed by atoms with van der Waals surface area (Å²) in [6.07, 6.45) is 2.26. The monoisotopic (exact) mass is 499 g/mol. The third kappa shape index (κ3) is 4.57. The van der Waals surface area contributed by atoms with Crippen molar-refractivity contribution in [2.24, 2.45) is 4.99 Å². The first-order valence-electron chi connectivity index (χ1n) is 11.9. The molecule has 1 amide bonds. The Bertz CT molecular complexity index is 1710. The molecule has 5 rings (SSSR count). The zero-order valence-electron chi connectivity index (χ0n) is 20.7. The number of rotatable bonds is 6. The number of ether oxygens (including phenoxy) is 3. The summed E-state index contributed by atoms with van der Waals surface area (Å²) >= 11 is 0. The number of carbonyl (C=O) groups excluding carboxylic acids is 1. The molecule has 0 aliphatic carbocycles. The minimum atomic E-state index is -0.560. The maximum atomic E-state index is 13.4. The van der Waals surface area contributed by atoms with Crippen LogP contribution in [-0.2, 0) is 11.3 Å². The highest BCUT2D eigenvalue weighted by atomic mass is 16.7. The summed E-state index contributed by atoms with van der Waals surface area (Å²) in [6.45, 7) is 6.62. The van der Waals surface area contributed by atoms with Gasteiger partial charge >= 0.3 is 0 Å². The van der Waals surface area contributed by atoms with Crippen LogP contribution in [0.25, 0.3) is 16.7 Å².